The molecule has 98 valence electrons. The molecular formula is C12H16N2O3S. The SMILES string of the molecule is Cc1ccc(C#N)c(=O)n1CCS(=O)(=O)C(C)C. The predicted molar refractivity (Wildman–Crippen MR) is 69.1 cm³/mol. The minimum atomic E-state index is -3.19. The quantitative estimate of drug-likeness (QED) is 0.811. The molecule has 1 aromatic heterocycles. The molecule has 0 bridgehead atoms. The minimum Gasteiger partial charge on any atom is -0.311 e. The highest BCUT2D eigenvalue weighted by Gasteiger charge is 2.17. The van der Waals surface area contributed by atoms with Crippen LogP contribution in [0.25, 0.3) is 0 Å². The van der Waals surface area contributed by atoms with E-state index in [1.807, 2.05) is 0 Å². The van der Waals surface area contributed by atoms with E-state index in [9.17, 15) is 13.2 Å². The standard InChI is InChI=1S/C12H16N2O3S/c1-9(2)18(16,17)7-6-14-10(3)4-5-11(8-13)12(14)15/h4-5,9H,6-7H2,1-3H3. The van der Waals surface area contributed by atoms with Crippen LogP contribution in [0.1, 0.15) is 25.1 Å². The van der Waals surface area contributed by atoms with Crippen LogP contribution in [0.5, 0.6) is 0 Å². The second-order valence-corrected chi connectivity index (χ2v) is 7.05. The van der Waals surface area contributed by atoms with Crippen molar-refractivity contribution in [2.24, 2.45) is 0 Å². The molecule has 0 saturated carbocycles. The highest BCUT2D eigenvalue weighted by Crippen LogP contribution is 2.03. The molecule has 0 unspecified atom stereocenters. The third-order valence-electron chi connectivity index (χ3n) is 2.83. The Morgan fingerprint density at radius 2 is 2.00 bits per heavy atom. The van der Waals surface area contributed by atoms with E-state index in [4.69, 9.17) is 5.26 Å². The van der Waals surface area contributed by atoms with Crippen molar-refractivity contribution >= 4 is 9.84 Å². The number of aryl methyl sites for hydroxylation is 1. The van der Waals surface area contributed by atoms with Crippen molar-refractivity contribution in [3.05, 3.63) is 33.7 Å². The lowest BCUT2D eigenvalue weighted by atomic mass is 10.2. The van der Waals surface area contributed by atoms with E-state index in [-0.39, 0.29) is 17.9 Å². The van der Waals surface area contributed by atoms with Crippen molar-refractivity contribution in [2.75, 3.05) is 5.75 Å². The molecule has 0 aliphatic rings. The van der Waals surface area contributed by atoms with Gasteiger partial charge in [0.15, 0.2) is 9.84 Å². The molecular weight excluding hydrogens is 252 g/mol. The highest BCUT2D eigenvalue weighted by atomic mass is 32.2. The largest absolute Gasteiger partial charge is 0.311 e. The maximum Gasteiger partial charge on any atom is 0.268 e. The van der Waals surface area contributed by atoms with Crippen LogP contribution in [0.4, 0.5) is 0 Å². The first-order chi connectivity index (χ1) is 8.29. The predicted octanol–water partition coefficient (Wildman–Crippen LogP) is 0.852. The number of hydrogen-bond donors (Lipinski definition) is 0. The van der Waals surface area contributed by atoms with E-state index in [1.165, 1.54) is 10.6 Å². The number of pyridine rings is 1. The summed E-state index contributed by atoms with van der Waals surface area (Å²) < 4.78 is 24.7. The monoisotopic (exact) mass is 268 g/mol. The minimum absolute atomic E-state index is 0.0301. The molecule has 0 atom stereocenters. The maximum absolute atomic E-state index is 11.9. The summed E-state index contributed by atoms with van der Waals surface area (Å²) in [5.74, 6) is -0.0969. The van der Waals surface area contributed by atoms with Gasteiger partial charge in [0.2, 0.25) is 0 Å². The summed E-state index contributed by atoms with van der Waals surface area (Å²) in [5.41, 5.74) is 0.247. The molecule has 1 aromatic rings. The van der Waals surface area contributed by atoms with Crippen LogP contribution in [0.2, 0.25) is 0 Å². The first kappa shape index (κ1) is 14.5. The van der Waals surface area contributed by atoms with E-state index in [1.54, 1.807) is 32.9 Å². The van der Waals surface area contributed by atoms with Crippen molar-refractivity contribution in [1.82, 2.24) is 4.57 Å². The molecule has 1 rings (SSSR count). The Balaban J connectivity index is 3.08. The average Bonchev–Trinajstić information content (AvgIpc) is 2.28. The van der Waals surface area contributed by atoms with E-state index >= 15 is 0 Å². The fourth-order valence-electron chi connectivity index (χ4n) is 1.49. The molecule has 18 heavy (non-hydrogen) atoms. The second kappa shape index (κ2) is 5.36. The van der Waals surface area contributed by atoms with Gasteiger partial charge in [0, 0.05) is 12.2 Å². The third kappa shape index (κ3) is 2.99. The Morgan fingerprint density at radius 3 is 2.50 bits per heavy atom. The molecule has 5 nitrogen and oxygen atoms in total. The molecule has 1 heterocycles. The van der Waals surface area contributed by atoms with Gasteiger partial charge in [-0.25, -0.2) is 8.42 Å². The Morgan fingerprint density at radius 1 is 1.39 bits per heavy atom. The van der Waals surface area contributed by atoms with Crippen molar-refractivity contribution < 1.29 is 8.42 Å². The van der Waals surface area contributed by atoms with Crippen LogP contribution >= 0.6 is 0 Å². The van der Waals surface area contributed by atoms with E-state index < -0.39 is 20.6 Å². The Kier molecular flexibility index (Phi) is 4.30. The van der Waals surface area contributed by atoms with E-state index in [0.29, 0.717) is 5.69 Å². The summed E-state index contributed by atoms with van der Waals surface area (Å²) in [5, 5.41) is 8.30. The molecule has 0 radical (unpaired) electrons. The van der Waals surface area contributed by atoms with Crippen molar-refractivity contribution in [1.29, 1.82) is 5.26 Å². The molecule has 0 aromatic carbocycles. The molecule has 0 spiro atoms. The first-order valence-corrected chi connectivity index (χ1v) is 7.33. The van der Waals surface area contributed by atoms with Gasteiger partial charge in [-0.05, 0) is 32.9 Å². The van der Waals surface area contributed by atoms with Gasteiger partial charge in [0.05, 0.1) is 11.0 Å². The van der Waals surface area contributed by atoms with Crippen LogP contribution < -0.4 is 5.56 Å². The molecule has 0 aliphatic carbocycles. The van der Waals surface area contributed by atoms with E-state index in [2.05, 4.69) is 0 Å². The van der Waals surface area contributed by atoms with Gasteiger partial charge in [0.1, 0.15) is 11.6 Å². The second-order valence-electron chi connectivity index (χ2n) is 4.37. The molecule has 0 amide bonds. The van der Waals surface area contributed by atoms with Gasteiger partial charge in [-0.3, -0.25) is 4.79 Å². The fourth-order valence-corrected chi connectivity index (χ4v) is 2.40. The zero-order valence-corrected chi connectivity index (χ0v) is 11.5. The van der Waals surface area contributed by atoms with Gasteiger partial charge >= 0.3 is 0 Å². The molecule has 6 heteroatoms. The Hall–Kier alpha value is -1.61. The zero-order valence-electron chi connectivity index (χ0n) is 10.7. The Labute approximate surface area is 107 Å². The number of sulfone groups is 1. The summed E-state index contributed by atoms with van der Waals surface area (Å²) in [6.45, 7) is 5.01. The summed E-state index contributed by atoms with van der Waals surface area (Å²) in [6.07, 6.45) is 0. The third-order valence-corrected chi connectivity index (χ3v) is 5.02. The van der Waals surface area contributed by atoms with Crippen LogP contribution in [-0.2, 0) is 16.4 Å². The van der Waals surface area contributed by atoms with Crippen LogP contribution in [-0.4, -0.2) is 24.0 Å². The maximum atomic E-state index is 11.9. The van der Waals surface area contributed by atoms with Crippen molar-refractivity contribution in [3.8, 4) is 6.07 Å². The van der Waals surface area contributed by atoms with E-state index in [0.717, 1.165) is 0 Å². The first-order valence-electron chi connectivity index (χ1n) is 5.61. The summed E-state index contributed by atoms with van der Waals surface area (Å²) in [6, 6.07) is 4.89. The number of aromatic nitrogens is 1. The van der Waals surface area contributed by atoms with Gasteiger partial charge in [-0.1, -0.05) is 0 Å². The lowest BCUT2D eigenvalue weighted by molar-refractivity contribution is 0.577. The lowest BCUT2D eigenvalue weighted by Crippen LogP contribution is -2.29. The van der Waals surface area contributed by atoms with Crippen LogP contribution in [0.3, 0.4) is 0 Å². The number of rotatable bonds is 4. The summed E-state index contributed by atoms with van der Waals surface area (Å²) in [4.78, 5) is 11.9. The molecule has 0 fully saturated rings. The molecule has 0 aliphatic heterocycles. The summed E-state index contributed by atoms with van der Waals surface area (Å²) >= 11 is 0. The van der Waals surface area contributed by atoms with Crippen LogP contribution in [0.15, 0.2) is 16.9 Å². The van der Waals surface area contributed by atoms with Crippen molar-refractivity contribution in [2.45, 2.75) is 32.6 Å². The molecule has 0 saturated heterocycles. The highest BCUT2D eigenvalue weighted by molar-refractivity contribution is 7.91. The number of hydrogen-bond acceptors (Lipinski definition) is 4. The average molecular weight is 268 g/mol. The lowest BCUT2D eigenvalue weighted by Gasteiger charge is -2.12. The fraction of sp³-hybridized carbons (Fsp3) is 0.500. The van der Waals surface area contributed by atoms with Crippen LogP contribution in [0, 0.1) is 18.3 Å². The zero-order chi connectivity index (χ0) is 13.9. The summed E-state index contributed by atoms with van der Waals surface area (Å²) in [7, 11) is -3.19. The van der Waals surface area contributed by atoms with Gasteiger partial charge in [-0.15, -0.1) is 0 Å². The van der Waals surface area contributed by atoms with Crippen molar-refractivity contribution in [3.63, 3.8) is 0 Å². The van der Waals surface area contributed by atoms with Gasteiger partial charge in [-0.2, -0.15) is 5.26 Å². The Bertz CT molecular complexity index is 636. The number of nitriles is 1. The topological polar surface area (TPSA) is 79.9 Å². The number of nitrogens with zero attached hydrogens (tertiary/aromatic N) is 2. The van der Waals surface area contributed by atoms with Gasteiger partial charge < -0.3 is 4.57 Å². The normalized spacial score (nSPS) is 11.5. The smallest absolute Gasteiger partial charge is 0.268 e. The van der Waals surface area contributed by atoms with Gasteiger partial charge in [0.25, 0.3) is 5.56 Å². The molecule has 0 N–H and O–H groups in total.